The molecule has 0 aromatic carbocycles. The molecule has 0 saturated carbocycles. The van der Waals surface area contributed by atoms with Crippen LogP contribution < -0.4 is 0 Å². The lowest BCUT2D eigenvalue weighted by molar-refractivity contribution is 0.448. The number of rotatable bonds is 10. The van der Waals surface area contributed by atoms with Crippen molar-refractivity contribution in [2.45, 2.75) is 76.9 Å². The van der Waals surface area contributed by atoms with E-state index in [0.717, 1.165) is 19.3 Å². The molecule has 0 bridgehead atoms. The Morgan fingerprint density at radius 3 is 1.94 bits per heavy atom. The van der Waals surface area contributed by atoms with Crippen LogP contribution in [0.2, 0.25) is 0 Å². The first-order valence-electron chi connectivity index (χ1n) is 6.48. The van der Waals surface area contributed by atoms with E-state index < -0.39 is 15.4 Å². The zero-order valence-electron chi connectivity index (χ0n) is 10.6. The minimum Gasteiger partial charge on any atom is -0.285 e. The van der Waals surface area contributed by atoms with Crippen LogP contribution in [0.25, 0.3) is 0 Å². The molecule has 0 aliphatic carbocycles. The maximum absolute atomic E-state index is 11.0. The molecule has 1 unspecified atom stereocenters. The predicted octanol–water partition coefficient (Wildman–Crippen LogP) is 3.79. The van der Waals surface area contributed by atoms with Crippen LogP contribution in [0.3, 0.4) is 0 Å². The van der Waals surface area contributed by atoms with E-state index in [0.29, 0.717) is 12.8 Å². The van der Waals surface area contributed by atoms with Gasteiger partial charge >= 0.3 is 0 Å². The van der Waals surface area contributed by atoms with Gasteiger partial charge in [0, 0.05) is 0 Å². The zero-order valence-corrected chi connectivity index (χ0v) is 11.4. The molecule has 0 spiro atoms. The number of hydrogen-bond donors (Lipinski definition) is 1. The lowest BCUT2D eigenvalue weighted by Gasteiger charge is -2.12. The van der Waals surface area contributed by atoms with Gasteiger partial charge in [0.15, 0.2) is 0 Å². The van der Waals surface area contributed by atoms with Crippen molar-refractivity contribution in [3.63, 3.8) is 0 Å². The molecule has 1 N–H and O–H groups in total. The SMILES string of the molecule is CCCCCCCCC(CCC)S(=O)(=O)O. The van der Waals surface area contributed by atoms with Gasteiger partial charge in [-0.3, -0.25) is 4.55 Å². The highest BCUT2D eigenvalue weighted by Crippen LogP contribution is 2.16. The smallest absolute Gasteiger partial charge is 0.267 e. The van der Waals surface area contributed by atoms with Crippen molar-refractivity contribution in [1.29, 1.82) is 0 Å². The first-order valence-corrected chi connectivity index (χ1v) is 7.99. The van der Waals surface area contributed by atoms with Crippen molar-refractivity contribution in [3.8, 4) is 0 Å². The van der Waals surface area contributed by atoms with Gasteiger partial charge in [0.05, 0.1) is 5.25 Å². The average Bonchev–Trinajstić information content (AvgIpc) is 2.20. The Morgan fingerprint density at radius 1 is 0.875 bits per heavy atom. The summed E-state index contributed by atoms with van der Waals surface area (Å²) in [6.45, 7) is 4.12. The van der Waals surface area contributed by atoms with Crippen LogP contribution in [0, 0.1) is 0 Å². The van der Waals surface area contributed by atoms with Crippen LogP contribution in [-0.2, 0) is 10.1 Å². The molecule has 0 rings (SSSR count). The van der Waals surface area contributed by atoms with E-state index in [4.69, 9.17) is 4.55 Å². The first kappa shape index (κ1) is 15.9. The maximum Gasteiger partial charge on any atom is 0.267 e. The summed E-state index contributed by atoms with van der Waals surface area (Å²) in [4.78, 5) is 0. The molecule has 0 aromatic heterocycles. The quantitative estimate of drug-likeness (QED) is 0.474. The molecular weight excluding hydrogens is 224 g/mol. The summed E-state index contributed by atoms with van der Waals surface area (Å²) in [6.07, 6.45) is 8.88. The van der Waals surface area contributed by atoms with Crippen LogP contribution in [0.15, 0.2) is 0 Å². The van der Waals surface area contributed by atoms with Gasteiger partial charge in [-0.05, 0) is 12.8 Å². The zero-order chi connectivity index (χ0) is 12.4. The highest BCUT2D eigenvalue weighted by molar-refractivity contribution is 7.86. The minimum absolute atomic E-state index is 0.538. The van der Waals surface area contributed by atoms with E-state index in [-0.39, 0.29) is 0 Å². The topological polar surface area (TPSA) is 54.4 Å². The molecule has 98 valence electrons. The monoisotopic (exact) mass is 250 g/mol. The fourth-order valence-corrected chi connectivity index (χ4v) is 2.91. The lowest BCUT2D eigenvalue weighted by Crippen LogP contribution is -2.20. The number of unbranched alkanes of at least 4 members (excludes halogenated alkanes) is 5. The van der Waals surface area contributed by atoms with Crippen LogP contribution in [-0.4, -0.2) is 18.2 Å². The summed E-state index contributed by atoms with van der Waals surface area (Å²) in [5.41, 5.74) is 0. The van der Waals surface area contributed by atoms with E-state index in [9.17, 15) is 8.42 Å². The third-order valence-electron chi connectivity index (χ3n) is 2.91. The molecule has 0 heterocycles. The molecule has 0 fully saturated rings. The third kappa shape index (κ3) is 8.11. The number of hydrogen-bond acceptors (Lipinski definition) is 2. The molecule has 0 saturated heterocycles. The Hall–Kier alpha value is -0.0900. The molecule has 0 aliphatic rings. The molecule has 16 heavy (non-hydrogen) atoms. The van der Waals surface area contributed by atoms with Crippen molar-refractivity contribution in [2.75, 3.05) is 0 Å². The lowest BCUT2D eigenvalue weighted by atomic mass is 10.1. The van der Waals surface area contributed by atoms with Crippen molar-refractivity contribution in [3.05, 3.63) is 0 Å². The van der Waals surface area contributed by atoms with Crippen molar-refractivity contribution >= 4 is 10.1 Å². The molecule has 4 heteroatoms. The van der Waals surface area contributed by atoms with Crippen molar-refractivity contribution in [2.24, 2.45) is 0 Å². The standard InChI is InChI=1S/C12H26O3S/c1-3-5-6-7-8-9-11-12(10-4-2)16(13,14)15/h12H,3-11H2,1-2H3,(H,13,14,15). The Bertz CT molecular complexity index is 247. The van der Waals surface area contributed by atoms with E-state index in [1.54, 1.807) is 0 Å². The molecule has 0 amide bonds. The van der Waals surface area contributed by atoms with Gasteiger partial charge in [-0.1, -0.05) is 58.8 Å². The van der Waals surface area contributed by atoms with E-state index in [1.165, 1.54) is 25.7 Å². The fourth-order valence-electron chi connectivity index (χ4n) is 1.92. The van der Waals surface area contributed by atoms with Crippen molar-refractivity contribution in [1.82, 2.24) is 0 Å². The molecule has 3 nitrogen and oxygen atoms in total. The van der Waals surface area contributed by atoms with Crippen LogP contribution in [0.4, 0.5) is 0 Å². The Morgan fingerprint density at radius 2 is 1.44 bits per heavy atom. The third-order valence-corrected chi connectivity index (χ3v) is 4.23. The minimum atomic E-state index is -3.82. The highest BCUT2D eigenvalue weighted by atomic mass is 32.2. The van der Waals surface area contributed by atoms with Gasteiger partial charge in [-0.2, -0.15) is 8.42 Å². The summed E-state index contributed by atoms with van der Waals surface area (Å²) < 4.78 is 31.1. The van der Waals surface area contributed by atoms with Gasteiger partial charge in [0.1, 0.15) is 0 Å². The van der Waals surface area contributed by atoms with E-state index in [2.05, 4.69) is 6.92 Å². The van der Waals surface area contributed by atoms with Gasteiger partial charge in [0.2, 0.25) is 0 Å². The fraction of sp³-hybridized carbons (Fsp3) is 1.00. The van der Waals surface area contributed by atoms with Gasteiger partial charge in [-0.15, -0.1) is 0 Å². The predicted molar refractivity (Wildman–Crippen MR) is 68.2 cm³/mol. The summed E-state index contributed by atoms with van der Waals surface area (Å²) >= 11 is 0. The van der Waals surface area contributed by atoms with Crippen LogP contribution in [0.1, 0.15) is 71.6 Å². The van der Waals surface area contributed by atoms with Gasteiger partial charge in [0.25, 0.3) is 10.1 Å². The van der Waals surface area contributed by atoms with Crippen LogP contribution in [0.5, 0.6) is 0 Å². The second-order valence-electron chi connectivity index (χ2n) is 4.48. The molecule has 1 atom stereocenters. The first-order chi connectivity index (χ1) is 7.52. The molecular formula is C12H26O3S. The molecule has 0 aliphatic heterocycles. The summed E-state index contributed by atoms with van der Waals surface area (Å²) in [5.74, 6) is 0. The Balaban J connectivity index is 3.70. The highest BCUT2D eigenvalue weighted by Gasteiger charge is 2.20. The molecule has 0 aromatic rings. The molecule has 0 radical (unpaired) electrons. The normalized spacial score (nSPS) is 13.9. The summed E-state index contributed by atoms with van der Waals surface area (Å²) in [6, 6.07) is 0. The largest absolute Gasteiger partial charge is 0.285 e. The second kappa shape index (κ2) is 8.99. The summed E-state index contributed by atoms with van der Waals surface area (Å²) in [7, 11) is -3.82. The summed E-state index contributed by atoms with van der Waals surface area (Å²) in [5, 5.41) is -0.538. The Kier molecular flexibility index (Phi) is 8.94. The van der Waals surface area contributed by atoms with Gasteiger partial charge in [-0.25, -0.2) is 0 Å². The van der Waals surface area contributed by atoms with Crippen molar-refractivity contribution < 1.29 is 13.0 Å². The Labute approximate surface area is 100 Å². The average molecular weight is 250 g/mol. The second-order valence-corrected chi connectivity index (χ2v) is 6.18. The van der Waals surface area contributed by atoms with E-state index >= 15 is 0 Å². The van der Waals surface area contributed by atoms with Gasteiger partial charge < -0.3 is 0 Å². The maximum atomic E-state index is 11.0. The van der Waals surface area contributed by atoms with Crippen LogP contribution >= 0.6 is 0 Å². The van der Waals surface area contributed by atoms with E-state index in [1.807, 2.05) is 6.92 Å².